The molecule has 0 bridgehead atoms. The highest BCUT2D eigenvalue weighted by molar-refractivity contribution is 7.90. The van der Waals surface area contributed by atoms with Crippen LogP contribution in [0.3, 0.4) is 0 Å². The molecular formula is C29H27ClN4O4S. The molecule has 3 aromatic carbocycles. The lowest BCUT2D eigenvalue weighted by Gasteiger charge is -2.12. The van der Waals surface area contributed by atoms with Gasteiger partial charge in [0.05, 0.1) is 29.1 Å². The van der Waals surface area contributed by atoms with E-state index in [2.05, 4.69) is 20.6 Å². The number of anilines is 2. The molecule has 0 unspecified atom stereocenters. The van der Waals surface area contributed by atoms with Crippen molar-refractivity contribution in [1.82, 2.24) is 15.3 Å². The molecule has 10 heteroatoms. The Bertz CT molecular complexity index is 1690. The summed E-state index contributed by atoms with van der Waals surface area (Å²) in [5, 5.41) is 7.77. The summed E-state index contributed by atoms with van der Waals surface area (Å²) in [6.07, 6.45) is 4.42. The molecule has 2 heterocycles. The zero-order chi connectivity index (χ0) is 27.2. The minimum absolute atomic E-state index is 0.0790. The van der Waals surface area contributed by atoms with Gasteiger partial charge in [-0.2, -0.15) is 0 Å². The second-order valence-electron chi connectivity index (χ2n) is 9.11. The average molecular weight is 563 g/mol. The molecule has 0 spiro atoms. The topological polar surface area (TPSA) is 106 Å². The van der Waals surface area contributed by atoms with Gasteiger partial charge in [-0.15, -0.1) is 0 Å². The van der Waals surface area contributed by atoms with Crippen LogP contribution in [-0.4, -0.2) is 36.9 Å². The lowest BCUT2D eigenvalue weighted by molar-refractivity contribution is 0.306. The number of nitrogens with zero attached hydrogens (tertiary/aromatic N) is 2. The highest BCUT2D eigenvalue weighted by Gasteiger charge is 2.11. The Morgan fingerprint density at radius 2 is 1.82 bits per heavy atom. The molecule has 0 aliphatic rings. The van der Waals surface area contributed by atoms with Crippen molar-refractivity contribution in [3.05, 3.63) is 102 Å². The van der Waals surface area contributed by atoms with Crippen molar-refractivity contribution in [2.45, 2.75) is 13.2 Å². The standard InChI is InChI=1S/C29H27ClN4O4S/c1-39(35,36)12-11-31-16-24-13-22(18-37-24)21-7-9-27-25(14-21)29(33-19-32-27)34-23-8-10-28(26(30)15-23)38-17-20-5-3-2-4-6-20/h2-10,13-15,18-19,31H,11-12,16-17H2,1H3,(H,32,33,34). The van der Waals surface area contributed by atoms with Crippen LogP contribution in [0.25, 0.3) is 22.0 Å². The van der Waals surface area contributed by atoms with E-state index in [0.717, 1.165) is 33.3 Å². The van der Waals surface area contributed by atoms with E-state index < -0.39 is 9.84 Å². The Morgan fingerprint density at radius 3 is 2.62 bits per heavy atom. The van der Waals surface area contributed by atoms with Gasteiger partial charge >= 0.3 is 0 Å². The van der Waals surface area contributed by atoms with Crippen molar-refractivity contribution in [3.63, 3.8) is 0 Å². The number of nitrogens with one attached hydrogen (secondary N) is 2. The molecule has 39 heavy (non-hydrogen) atoms. The van der Waals surface area contributed by atoms with Crippen molar-refractivity contribution in [1.29, 1.82) is 0 Å². The van der Waals surface area contributed by atoms with E-state index >= 15 is 0 Å². The second-order valence-corrected chi connectivity index (χ2v) is 11.8. The number of hydrogen-bond donors (Lipinski definition) is 2. The van der Waals surface area contributed by atoms with Crippen LogP contribution in [0, 0.1) is 0 Å². The number of halogens is 1. The van der Waals surface area contributed by atoms with Gasteiger partial charge in [-0.1, -0.05) is 48.0 Å². The normalized spacial score (nSPS) is 11.5. The zero-order valence-electron chi connectivity index (χ0n) is 21.2. The number of hydrogen-bond acceptors (Lipinski definition) is 8. The Balaban J connectivity index is 1.30. The zero-order valence-corrected chi connectivity index (χ0v) is 22.8. The highest BCUT2D eigenvalue weighted by Crippen LogP contribution is 2.32. The number of aromatic nitrogens is 2. The Labute approximate surface area is 231 Å². The summed E-state index contributed by atoms with van der Waals surface area (Å²) in [5.74, 6) is 2.03. The SMILES string of the molecule is CS(=O)(=O)CCNCc1cc(-c2ccc3ncnc(Nc4ccc(OCc5ccccc5)c(Cl)c4)c3c2)co1. The third-order valence-electron chi connectivity index (χ3n) is 6.00. The highest BCUT2D eigenvalue weighted by atomic mass is 35.5. The molecule has 0 amide bonds. The lowest BCUT2D eigenvalue weighted by Crippen LogP contribution is -2.21. The summed E-state index contributed by atoms with van der Waals surface area (Å²) < 4.78 is 34.2. The van der Waals surface area contributed by atoms with E-state index in [9.17, 15) is 8.42 Å². The third-order valence-corrected chi connectivity index (χ3v) is 7.24. The molecule has 0 atom stereocenters. The van der Waals surface area contributed by atoms with Crippen molar-refractivity contribution < 1.29 is 17.6 Å². The lowest BCUT2D eigenvalue weighted by atomic mass is 10.1. The van der Waals surface area contributed by atoms with Gasteiger partial charge in [-0.05, 0) is 47.5 Å². The average Bonchev–Trinajstić information content (AvgIpc) is 3.40. The van der Waals surface area contributed by atoms with Crippen molar-refractivity contribution >= 4 is 43.8 Å². The van der Waals surface area contributed by atoms with E-state index in [0.29, 0.717) is 42.0 Å². The quantitative estimate of drug-likeness (QED) is 0.189. The fourth-order valence-corrected chi connectivity index (χ4v) is 4.75. The van der Waals surface area contributed by atoms with E-state index in [-0.39, 0.29) is 5.75 Å². The van der Waals surface area contributed by atoms with Crippen molar-refractivity contribution in [2.75, 3.05) is 23.9 Å². The molecule has 0 aliphatic heterocycles. The first-order chi connectivity index (χ1) is 18.8. The Morgan fingerprint density at radius 1 is 0.974 bits per heavy atom. The number of benzene rings is 3. The molecule has 0 saturated heterocycles. The van der Waals surface area contributed by atoms with Gasteiger partial charge in [0.15, 0.2) is 0 Å². The van der Waals surface area contributed by atoms with E-state index in [1.165, 1.54) is 12.6 Å². The van der Waals surface area contributed by atoms with Crippen molar-refractivity contribution in [3.8, 4) is 16.9 Å². The van der Waals surface area contributed by atoms with Crippen LogP contribution in [0.5, 0.6) is 5.75 Å². The predicted molar refractivity (Wildman–Crippen MR) is 154 cm³/mol. The smallest absolute Gasteiger partial charge is 0.148 e. The van der Waals surface area contributed by atoms with Crippen LogP contribution < -0.4 is 15.4 Å². The Kier molecular flexibility index (Phi) is 8.11. The minimum atomic E-state index is -3.01. The summed E-state index contributed by atoms with van der Waals surface area (Å²) in [6.45, 7) is 1.23. The molecule has 2 N–H and O–H groups in total. The molecule has 2 aromatic heterocycles. The maximum Gasteiger partial charge on any atom is 0.148 e. The van der Waals surface area contributed by atoms with Crippen LogP contribution >= 0.6 is 11.6 Å². The van der Waals surface area contributed by atoms with Gasteiger partial charge < -0.3 is 19.8 Å². The van der Waals surface area contributed by atoms with Gasteiger partial charge in [0.25, 0.3) is 0 Å². The summed E-state index contributed by atoms with van der Waals surface area (Å²) in [7, 11) is -3.01. The van der Waals surface area contributed by atoms with Gasteiger partial charge in [0.1, 0.15) is 40.1 Å². The van der Waals surface area contributed by atoms with E-state index in [4.69, 9.17) is 20.8 Å². The molecule has 0 radical (unpaired) electrons. The van der Waals surface area contributed by atoms with E-state index in [1.807, 2.05) is 66.7 Å². The first-order valence-corrected chi connectivity index (χ1v) is 14.7. The van der Waals surface area contributed by atoms with Crippen molar-refractivity contribution in [2.24, 2.45) is 0 Å². The van der Waals surface area contributed by atoms with E-state index in [1.54, 1.807) is 12.3 Å². The third kappa shape index (κ3) is 7.14. The summed E-state index contributed by atoms with van der Waals surface area (Å²) in [4.78, 5) is 8.86. The number of fused-ring (bicyclic) bond motifs is 1. The summed E-state index contributed by atoms with van der Waals surface area (Å²) >= 11 is 6.51. The van der Waals surface area contributed by atoms with Gasteiger partial charge in [-0.3, -0.25) is 0 Å². The van der Waals surface area contributed by atoms with Crippen LogP contribution in [0.1, 0.15) is 11.3 Å². The molecule has 0 aliphatic carbocycles. The molecule has 5 rings (SSSR count). The predicted octanol–water partition coefficient (Wildman–Crippen LogP) is 6.00. The van der Waals surface area contributed by atoms with Gasteiger partial charge in [0, 0.05) is 29.4 Å². The molecule has 5 aromatic rings. The Hall–Kier alpha value is -3.92. The fraction of sp³-hybridized carbons (Fsp3) is 0.172. The molecular weight excluding hydrogens is 536 g/mol. The van der Waals surface area contributed by atoms with Crippen LogP contribution in [0.2, 0.25) is 5.02 Å². The maximum absolute atomic E-state index is 11.3. The van der Waals surface area contributed by atoms with Crippen LogP contribution in [0.15, 0.2) is 89.8 Å². The molecule has 0 saturated carbocycles. The molecule has 0 fully saturated rings. The largest absolute Gasteiger partial charge is 0.487 e. The maximum atomic E-state index is 11.3. The first kappa shape index (κ1) is 26.7. The number of sulfone groups is 1. The first-order valence-electron chi connectivity index (χ1n) is 12.3. The summed E-state index contributed by atoms with van der Waals surface area (Å²) in [5.41, 5.74) is 4.45. The monoisotopic (exact) mass is 562 g/mol. The second kappa shape index (κ2) is 11.9. The van der Waals surface area contributed by atoms with Gasteiger partial charge in [0.2, 0.25) is 0 Å². The number of rotatable bonds is 11. The molecule has 200 valence electrons. The summed E-state index contributed by atoms with van der Waals surface area (Å²) in [6, 6.07) is 23.3. The van der Waals surface area contributed by atoms with Crippen LogP contribution in [0.4, 0.5) is 11.5 Å². The van der Waals surface area contributed by atoms with Gasteiger partial charge in [-0.25, -0.2) is 18.4 Å². The number of ether oxygens (including phenoxy) is 1. The number of furan rings is 1. The minimum Gasteiger partial charge on any atom is -0.487 e. The van der Waals surface area contributed by atoms with Crippen LogP contribution in [-0.2, 0) is 23.0 Å². The molecule has 8 nitrogen and oxygen atoms in total. The fourth-order valence-electron chi connectivity index (χ4n) is 4.00.